The summed E-state index contributed by atoms with van der Waals surface area (Å²) in [6, 6.07) is 7.58. The minimum Gasteiger partial charge on any atom is -0.381 e. The smallest absolute Gasteiger partial charge is 0.244 e. The van der Waals surface area contributed by atoms with E-state index in [9.17, 15) is 9.00 Å². The maximum absolute atomic E-state index is 12.2. The summed E-state index contributed by atoms with van der Waals surface area (Å²) in [6.07, 6.45) is 2.41. The topological polar surface area (TPSA) is 70.2 Å². The van der Waals surface area contributed by atoms with Crippen LogP contribution < -0.4 is 16.0 Å². The number of amides is 1. The molecular formula is C14H21N3O2S. The molecule has 1 amide bonds. The van der Waals surface area contributed by atoms with Crippen LogP contribution in [-0.4, -0.2) is 40.8 Å². The first-order valence-electron chi connectivity index (χ1n) is 6.76. The molecular weight excluding hydrogens is 274 g/mol. The van der Waals surface area contributed by atoms with Crippen molar-refractivity contribution in [1.82, 2.24) is 5.32 Å². The molecule has 1 aromatic carbocycles. The van der Waals surface area contributed by atoms with Crippen molar-refractivity contribution in [2.24, 2.45) is 0 Å². The number of anilines is 2. The van der Waals surface area contributed by atoms with Gasteiger partial charge in [0.15, 0.2) is 0 Å². The van der Waals surface area contributed by atoms with Crippen LogP contribution >= 0.6 is 0 Å². The third kappa shape index (κ3) is 3.96. The number of carbonyl (C=O) groups is 1. The monoisotopic (exact) mass is 295 g/mol. The standard InChI is InChI=1S/C14H21N3O2S/c1-10(7-8-20(2)19)16-14(18)13-9-15-11-5-3-4-6-12(11)17-13/h3-6,10,13,15,17H,7-9H2,1-2H3,(H,16,18). The highest BCUT2D eigenvalue weighted by atomic mass is 32.2. The van der Waals surface area contributed by atoms with Gasteiger partial charge in [-0.05, 0) is 25.5 Å². The second kappa shape index (κ2) is 6.74. The molecule has 2 rings (SSSR count). The van der Waals surface area contributed by atoms with Gasteiger partial charge in [0.25, 0.3) is 0 Å². The van der Waals surface area contributed by atoms with Gasteiger partial charge in [-0.25, -0.2) is 0 Å². The molecule has 0 spiro atoms. The predicted octanol–water partition coefficient (Wildman–Crippen LogP) is 1.17. The number of carbonyl (C=O) groups excluding carboxylic acids is 1. The SMILES string of the molecule is CC(CCS(C)=O)NC(=O)C1CNc2ccccc2N1. The van der Waals surface area contributed by atoms with Crippen molar-refractivity contribution >= 4 is 28.1 Å². The Bertz CT molecular complexity index is 507. The highest BCUT2D eigenvalue weighted by Gasteiger charge is 2.24. The van der Waals surface area contributed by atoms with Crippen LogP contribution in [0.1, 0.15) is 13.3 Å². The van der Waals surface area contributed by atoms with Crippen molar-refractivity contribution in [3.05, 3.63) is 24.3 Å². The van der Waals surface area contributed by atoms with Crippen molar-refractivity contribution in [3.8, 4) is 0 Å². The second-order valence-corrected chi connectivity index (χ2v) is 6.65. The highest BCUT2D eigenvalue weighted by Crippen LogP contribution is 2.25. The molecule has 5 nitrogen and oxygen atoms in total. The lowest BCUT2D eigenvalue weighted by Crippen LogP contribution is -2.48. The Hall–Kier alpha value is -1.56. The molecule has 0 fully saturated rings. The summed E-state index contributed by atoms with van der Waals surface area (Å²) in [6.45, 7) is 2.50. The Morgan fingerprint density at radius 2 is 2.15 bits per heavy atom. The summed E-state index contributed by atoms with van der Waals surface area (Å²) < 4.78 is 11.0. The molecule has 0 saturated heterocycles. The largest absolute Gasteiger partial charge is 0.381 e. The van der Waals surface area contributed by atoms with Gasteiger partial charge in [-0.2, -0.15) is 0 Å². The quantitative estimate of drug-likeness (QED) is 0.762. The number of para-hydroxylation sites is 2. The lowest BCUT2D eigenvalue weighted by atomic mass is 10.1. The molecule has 1 heterocycles. The molecule has 3 unspecified atom stereocenters. The van der Waals surface area contributed by atoms with Crippen LogP contribution in [0.5, 0.6) is 0 Å². The van der Waals surface area contributed by atoms with Gasteiger partial charge >= 0.3 is 0 Å². The van der Waals surface area contributed by atoms with Gasteiger partial charge in [-0.3, -0.25) is 9.00 Å². The first-order valence-corrected chi connectivity index (χ1v) is 8.49. The second-order valence-electron chi connectivity index (χ2n) is 5.10. The van der Waals surface area contributed by atoms with E-state index >= 15 is 0 Å². The molecule has 0 aliphatic carbocycles. The van der Waals surface area contributed by atoms with Crippen LogP contribution in [0.15, 0.2) is 24.3 Å². The van der Waals surface area contributed by atoms with Gasteiger partial charge in [0.05, 0.1) is 11.4 Å². The van der Waals surface area contributed by atoms with Gasteiger partial charge in [0, 0.05) is 35.4 Å². The first-order chi connectivity index (χ1) is 9.56. The molecule has 110 valence electrons. The van der Waals surface area contributed by atoms with Gasteiger partial charge in [-0.1, -0.05) is 12.1 Å². The van der Waals surface area contributed by atoms with Gasteiger partial charge < -0.3 is 16.0 Å². The summed E-state index contributed by atoms with van der Waals surface area (Å²) in [5, 5.41) is 9.44. The molecule has 0 radical (unpaired) electrons. The van der Waals surface area contributed by atoms with Crippen LogP contribution in [0.25, 0.3) is 0 Å². The lowest BCUT2D eigenvalue weighted by Gasteiger charge is -2.28. The van der Waals surface area contributed by atoms with E-state index in [4.69, 9.17) is 0 Å². The Kier molecular flexibility index (Phi) is 5.00. The Labute approximate surface area is 122 Å². The molecule has 20 heavy (non-hydrogen) atoms. The van der Waals surface area contributed by atoms with Crippen molar-refractivity contribution in [2.75, 3.05) is 29.2 Å². The normalized spacial score (nSPS) is 20.0. The Balaban J connectivity index is 1.87. The van der Waals surface area contributed by atoms with E-state index in [1.165, 1.54) is 0 Å². The number of hydrogen-bond donors (Lipinski definition) is 3. The highest BCUT2D eigenvalue weighted by molar-refractivity contribution is 7.84. The maximum Gasteiger partial charge on any atom is 0.244 e. The third-order valence-corrected chi connectivity index (χ3v) is 4.11. The molecule has 0 aromatic heterocycles. The Morgan fingerprint density at radius 1 is 1.45 bits per heavy atom. The summed E-state index contributed by atoms with van der Waals surface area (Å²) in [4.78, 5) is 12.2. The molecule has 6 heteroatoms. The van der Waals surface area contributed by atoms with E-state index in [0.29, 0.717) is 12.3 Å². The number of fused-ring (bicyclic) bond motifs is 1. The van der Waals surface area contributed by atoms with E-state index in [-0.39, 0.29) is 18.0 Å². The van der Waals surface area contributed by atoms with E-state index in [2.05, 4.69) is 16.0 Å². The number of nitrogens with one attached hydrogen (secondary N) is 3. The molecule has 1 aliphatic rings. The molecule has 1 aromatic rings. The van der Waals surface area contributed by atoms with Gasteiger partial charge in [0.1, 0.15) is 6.04 Å². The van der Waals surface area contributed by atoms with Crippen LogP contribution in [-0.2, 0) is 15.6 Å². The van der Waals surface area contributed by atoms with Crippen molar-refractivity contribution in [3.63, 3.8) is 0 Å². The first kappa shape index (κ1) is 14.8. The number of benzene rings is 1. The van der Waals surface area contributed by atoms with Crippen LogP contribution in [0, 0.1) is 0 Å². The zero-order valence-corrected chi connectivity index (χ0v) is 12.6. The number of hydrogen-bond acceptors (Lipinski definition) is 4. The zero-order valence-electron chi connectivity index (χ0n) is 11.8. The van der Waals surface area contributed by atoms with Gasteiger partial charge in [-0.15, -0.1) is 0 Å². The predicted molar refractivity (Wildman–Crippen MR) is 83.5 cm³/mol. The van der Waals surface area contributed by atoms with Crippen LogP contribution in [0.2, 0.25) is 0 Å². The third-order valence-electron chi connectivity index (χ3n) is 3.30. The van der Waals surface area contributed by atoms with Crippen molar-refractivity contribution in [1.29, 1.82) is 0 Å². The molecule has 1 aliphatic heterocycles. The van der Waals surface area contributed by atoms with Crippen LogP contribution in [0.4, 0.5) is 11.4 Å². The average Bonchev–Trinajstić information content (AvgIpc) is 2.44. The molecule has 3 N–H and O–H groups in total. The number of rotatable bonds is 5. The minimum absolute atomic E-state index is 0.0265. The molecule has 0 saturated carbocycles. The summed E-state index contributed by atoms with van der Waals surface area (Å²) in [5.74, 6) is 0.585. The van der Waals surface area contributed by atoms with Crippen molar-refractivity contribution < 1.29 is 9.00 Å². The van der Waals surface area contributed by atoms with Crippen LogP contribution in [0.3, 0.4) is 0 Å². The fraction of sp³-hybridized carbons (Fsp3) is 0.500. The van der Waals surface area contributed by atoms with E-state index < -0.39 is 10.8 Å². The lowest BCUT2D eigenvalue weighted by molar-refractivity contribution is -0.122. The fourth-order valence-corrected chi connectivity index (χ4v) is 2.82. The van der Waals surface area contributed by atoms with Crippen molar-refractivity contribution in [2.45, 2.75) is 25.4 Å². The van der Waals surface area contributed by atoms with E-state index in [0.717, 1.165) is 17.8 Å². The summed E-state index contributed by atoms with van der Waals surface area (Å²) >= 11 is 0. The Morgan fingerprint density at radius 3 is 2.85 bits per heavy atom. The van der Waals surface area contributed by atoms with E-state index in [1.54, 1.807) is 6.26 Å². The summed E-state index contributed by atoms with van der Waals surface area (Å²) in [7, 11) is -0.815. The average molecular weight is 295 g/mol. The fourth-order valence-electron chi connectivity index (χ4n) is 2.13. The summed E-state index contributed by atoms with van der Waals surface area (Å²) in [5.41, 5.74) is 1.96. The van der Waals surface area contributed by atoms with Gasteiger partial charge in [0.2, 0.25) is 5.91 Å². The molecule has 3 atom stereocenters. The maximum atomic E-state index is 12.2. The molecule has 0 bridgehead atoms. The van der Waals surface area contributed by atoms with E-state index in [1.807, 2.05) is 31.2 Å². The zero-order chi connectivity index (χ0) is 14.5. The minimum atomic E-state index is -0.815.